The van der Waals surface area contributed by atoms with Crippen LogP contribution in [0.15, 0.2) is 41.0 Å². The number of ether oxygens (including phenoxy) is 1. The van der Waals surface area contributed by atoms with Crippen LogP contribution in [0.1, 0.15) is 10.6 Å². The molecule has 20 heavy (non-hydrogen) atoms. The number of anilines is 1. The van der Waals surface area contributed by atoms with Crippen molar-refractivity contribution in [3.05, 3.63) is 53.2 Å². The van der Waals surface area contributed by atoms with Crippen LogP contribution in [-0.4, -0.2) is 18.5 Å². The highest BCUT2D eigenvalue weighted by atomic mass is 35.5. The van der Waals surface area contributed by atoms with E-state index in [0.717, 1.165) is 6.07 Å². The quantitative estimate of drug-likeness (QED) is 0.881. The highest BCUT2D eigenvalue weighted by molar-refractivity contribution is 6.30. The van der Waals surface area contributed by atoms with E-state index >= 15 is 0 Å². The second-order valence-electron chi connectivity index (χ2n) is 3.73. The van der Waals surface area contributed by atoms with Gasteiger partial charge in [0.1, 0.15) is 5.82 Å². The highest BCUT2D eigenvalue weighted by Gasteiger charge is 2.13. The summed E-state index contributed by atoms with van der Waals surface area (Å²) in [5.74, 6) is -2.15. The van der Waals surface area contributed by atoms with Crippen molar-refractivity contribution < 1.29 is 23.1 Å². The Morgan fingerprint density at radius 3 is 2.80 bits per heavy atom. The van der Waals surface area contributed by atoms with Gasteiger partial charge in [-0.25, -0.2) is 9.18 Å². The van der Waals surface area contributed by atoms with Gasteiger partial charge < -0.3 is 14.5 Å². The first-order valence-corrected chi connectivity index (χ1v) is 5.89. The van der Waals surface area contributed by atoms with Crippen LogP contribution < -0.4 is 5.32 Å². The maximum atomic E-state index is 13.4. The lowest BCUT2D eigenvalue weighted by atomic mass is 10.3. The fraction of sp³-hybridized carbons (Fsp3) is 0.0769. The number of carbonyl (C=O) groups is 2. The molecule has 1 N–H and O–H groups in total. The number of hydrogen-bond acceptors (Lipinski definition) is 4. The van der Waals surface area contributed by atoms with Crippen LogP contribution in [0.4, 0.5) is 10.1 Å². The predicted octanol–water partition coefficient (Wildman–Crippen LogP) is 2.87. The number of nitrogens with one attached hydrogen (secondary N) is 1. The van der Waals surface area contributed by atoms with E-state index in [1.54, 1.807) is 0 Å². The number of amides is 1. The molecule has 0 aliphatic carbocycles. The molecule has 1 aromatic heterocycles. The van der Waals surface area contributed by atoms with E-state index in [1.165, 1.54) is 30.5 Å². The van der Waals surface area contributed by atoms with Gasteiger partial charge in [-0.05, 0) is 30.3 Å². The minimum Gasteiger partial charge on any atom is -0.457 e. The summed E-state index contributed by atoms with van der Waals surface area (Å²) < 4.78 is 22.9. The lowest BCUT2D eigenvalue weighted by molar-refractivity contribution is -0.119. The molecule has 2 aromatic rings. The molecule has 0 aliphatic rings. The number of rotatable bonds is 4. The molecule has 2 rings (SSSR count). The Balaban J connectivity index is 1.88. The Labute approximate surface area is 118 Å². The van der Waals surface area contributed by atoms with Gasteiger partial charge >= 0.3 is 5.97 Å². The third-order valence-corrected chi connectivity index (χ3v) is 2.50. The van der Waals surface area contributed by atoms with Crippen molar-refractivity contribution in [2.45, 2.75) is 0 Å². The normalized spacial score (nSPS) is 10.1. The summed E-state index contributed by atoms with van der Waals surface area (Å²) in [6, 6.07) is 6.71. The Morgan fingerprint density at radius 1 is 1.35 bits per heavy atom. The largest absolute Gasteiger partial charge is 0.457 e. The minimum absolute atomic E-state index is 0.0181. The Morgan fingerprint density at radius 2 is 2.15 bits per heavy atom. The van der Waals surface area contributed by atoms with Gasteiger partial charge in [-0.2, -0.15) is 0 Å². The Kier molecular flexibility index (Phi) is 4.37. The second-order valence-corrected chi connectivity index (χ2v) is 4.16. The monoisotopic (exact) mass is 297 g/mol. The summed E-state index contributed by atoms with van der Waals surface area (Å²) in [7, 11) is 0. The molecule has 0 aliphatic heterocycles. The molecule has 0 fully saturated rings. The van der Waals surface area contributed by atoms with Gasteiger partial charge in [0.15, 0.2) is 6.61 Å². The molecule has 5 nitrogen and oxygen atoms in total. The lowest BCUT2D eigenvalue weighted by Gasteiger charge is -2.06. The van der Waals surface area contributed by atoms with E-state index < -0.39 is 24.3 Å². The Hall–Kier alpha value is -2.34. The zero-order chi connectivity index (χ0) is 14.5. The highest BCUT2D eigenvalue weighted by Crippen LogP contribution is 2.18. The summed E-state index contributed by atoms with van der Waals surface area (Å²) >= 11 is 5.58. The molecular weight excluding hydrogens is 289 g/mol. The lowest BCUT2D eigenvalue weighted by Crippen LogP contribution is -2.21. The molecule has 0 unspecified atom stereocenters. The van der Waals surface area contributed by atoms with Crippen molar-refractivity contribution in [1.29, 1.82) is 0 Å². The van der Waals surface area contributed by atoms with Crippen molar-refractivity contribution in [2.24, 2.45) is 0 Å². The number of benzene rings is 1. The molecular formula is C13H9ClFNO4. The molecule has 0 spiro atoms. The van der Waals surface area contributed by atoms with Crippen LogP contribution in [-0.2, 0) is 9.53 Å². The molecule has 1 amide bonds. The van der Waals surface area contributed by atoms with E-state index in [0.29, 0.717) is 0 Å². The molecule has 1 heterocycles. The van der Waals surface area contributed by atoms with Crippen molar-refractivity contribution in [3.63, 3.8) is 0 Å². The predicted molar refractivity (Wildman–Crippen MR) is 69.0 cm³/mol. The topological polar surface area (TPSA) is 68.5 Å². The van der Waals surface area contributed by atoms with Crippen molar-refractivity contribution in [1.82, 2.24) is 0 Å². The number of halogens is 2. The molecule has 0 saturated heterocycles. The Bertz CT molecular complexity index is 627. The zero-order valence-corrected chi connectivity index (χ0v) is 10.8. The van der Waals surface area contributed by atoms with Crippen LogP contribution >= 0.6 is 11.6 Å². The maximum Gasteiger partial charge on any atom is 0.374 e. The summed E-state index contributed by atoms with van der Waals surface area (Å²) in [4.78, 5) is 22.9. The molecule has 0 bridgehead atoms. The summed E-state index contributed by atoms with van der Waals surface area (Å²) in [6.45, 7) is -0.554. The van der Waals surface area contributed by atoms with Crippen LogP contribution in [0.3, 0.4) is 0 Å². The first-order valence-electron chi connectivity index (χ1n) is 5.52. The van der Waals surface area contributed by atoms with Gasteiger partial charge in [0.25, 0.3) is 5.91 Å². The van der Waals surface area contributed by atoms with Gasteiger partial charge in [-0.1, -0.05) is 11.6 Å². The van der Waals surface area contributed by atoms with Crippen LogP contribution in [0.2, 0.25) is 5.02 Å². The van der Waals surface area contributed by atoms with E-state index in [2.05, 4.69) is 5.32 Å². The summed E-state index contributed by atoms with van der Waals surface area (Å²) in [5, 5.41) is 2.47. The first kappa shape index (κ1) is 14.1. The average molecular weight is 298 g/mol. The van der Waals surface area contributed by atoms with Crippen LogP contribution in [0, 0.1) is 5.82 Å². The zero-order valence-electron chi connectivity index (χ0n) is 10.1. The summed E-state index contributed by atoms with van der Waals surface area (Å²) in [6.07, 6.45) is 1.31. The van der Waals surface area contributed by atoms with Gasteiger partial charge in [0, 0.05) is 5.02 Å². The van der Waals surface area contributed by atoms with Crippen molar-refractivity contribution in [3.8, 4) is 0 Å². The van der Waals surface area contributed by atoms with E-state index in [9.17, 15) is 14.0 Å². The summed E-state index contributed by atoms with van der Waals surface area (Å²) in [5.41, 5.74) is -0.0477. The molecule has 1 aromatic carbocycles. The number of esters is 1. The molecule has 7 heteroatoms. The number of furan rings is 1. The van der Waals surface area contributed by atoms with E-state index in [1.807, 2.05) is 0 Å². The van der Waals surface area contributed by atoms with Gasteiger partial charge in [-0.3, -0.25) is 4.79 Å². The first-order chi connectivity index (χ1) is 9.56. The molecule has 0 atom stereocenters. The van der Waals surface area contributed by atoms with Crippen LogP contribution in [0.5, 0.6) is 0 Å². The maximum absolute atomic E-state index is 13.4. The third-order valence-electron chi connectivity index (χ3n) is 2.26. The minimum atomic E-state index is -0.776. The fourth-order valence-electron chi connectivity index (χ4n) is 1.37. The van der Waals surface area contributed by atoms with E-state index in [-0.39, 0.29) is 16.5 Å². The van der Waals surface area contributed by atoms with Gasteiger partial charge in [0.05, 0.1) is 12.0 Å². The SMILES string of the molecule is O=C(COC(=O)c1ccco1)Nc1ccc(Cl)cc1F. The number of hydrogen-bond donors (Lipinski definition) is 1. The number of carbonyl (C=O) groups excluding carboxylic acids is 2. The molecule has 0 radical (unpaired) electrons. The molecule has 104 valence electrons. The second kappa shape index (κ2) is 6.21. The average Bonchev–Trinajstić information content (AvgIpc) is 2.93. The molecule has 0 saturated carbocycles. The smallest absolute Gasteiger partial charge is 0.374 e. The van der Waals surface area contributed by atoms with E-state index in [4.69, 9.17) is 20.8 Å². The van der Waals surface area contributed by atoms with Crippen molar-refractivity contribution >= 4 is 29.2 Å². The fourth-order valence-corrected chi connectivity index (χ4v) is 1.53. The van der Waals surface area contributed by atoms with Gasteiger partial charge in [0.2, 0.25) is 5.76 Å². The van der Waals surface area contributed by atoms with Crippen molar-refractivity contribution in [2.75, 3.05) is 11.9 Å². The standard InChI is InChI=1S/C13H9ClFNO4/c14-8-3-4-10(9(15)6-8)16-12(17)7-20-13(18)11-2-1-5-19-11/h1-6H,7H2,(H,16,17). The third kappa shape index (κ3) is 3.58. The van der Waals surface area contributed by atoms with Gasteiger partial charge in [-0.15, -0.1) is 0 Å². The van der Waals surface area contributed by atoms with Crippen LogP contribution in [0.25, 0.3) is 0 Å².